The zero-order valence-electron chi connectivity index (χ0n) is 13.1. The van der Waals surface area contributed by atoms with E-state index in [1.54, 1.807) is 24.3 Å². The van der Waals surface area contributed by atoms with E-state index in [4.69, 9.17) is 11.6 Å². The molecular weight excluding hydrogens is 373 g/mol. The summed E-state index contributed by atoms with van der Waals surface area (Å²) in [5, 5.41) is 3.32. The van der Waals surface area contributed by atoms with Crippen molar-refractivity contribution in [3.8, 4) is 5.75 Å². The summed E-state index contributed by atoms with van der Waals surface area (Å²) in [5.74, 6) is -1.21. The lowest BCUT2D eigenvalue weighted by Gasteiger charge is -2.16. The number of carbonyl (C=O) groups is 2. The number of anilines is 2. The van der Waals surface area contributed by atoms with Crippen LogP contribution in [-0.4, -0.2) is 24.2 Å². The van der Waals surface area contributed by atoms with Gasteiger partial charge in [0.05, 0.1) is 12.1 Å². The van der Waals surface area contributed by atoms with E-state index in [2.05, 4.69) is 10.1 Å². The molecular formula is C17H12ClF3N2O3. The molecule has 9 heteroatoms. The predicted octanol–water partition coefficient (Wildman–Crippen LogP) is 3.98. The second-order valence-electron chi connectivity index (χ2n) is 5.52. The SMILES string of the molecule is O=C1C[C@H](Nc2ccc(OC(F)(F)F)cc2)C(=O)N1c1ccc(Cl)cc1. The molecule has 1 atom stereocenters. The van der Waals surface area contributed by atoms with Gasteiger partial charge in [0.1, 0.15) is 11.8 Å². The molecule has 5 nitrogen and oxygen atoms in total. The number of hydrogen-bond donors (Lipinski definition) is 1. The van der Waals surface area contributed by atoms with Crippen LogP contribution in [0, 0.1) is 0 Å². The number of hydrogen-bond acceptors (Lipinski definition) is 4. The summed E-state index contributed by atoms with van der Waals surface area (Å²) >= 11 is 5.80. The third-order valence-corrected chi connectivity index (χ3v) is 3.91. The Hall–Kier alpha value is -2.74. The predicted molar refractivity (Wildman–Crippen MR) is 89.1 cm³/mol. The van der Waals surface area contributed by atoms with Gasteiger partial charge in [-0.1, -0.05) is 11.6 Å². The zero-order valence-corrected chi connectivity index (χ0v) is 13.8. The zero-order chi connectivity index (χ0) is 18.9. The van der Waals surface area contributed by atoms with Crippen LogP contribution in [0.5, 0.6) is 5.75 Å². The average Bonchev–Trinajstić information content (AvgIpc) is 2.83. The summed E-state index contributed by atoms with van der Waals surface area (Å²) in [7, 11) is 0. The van der Waals surface area contributed by atoms with Crippen molar-refractivity contribution in [3.05, 3.63) is 53.6 Å². The van der Waals surface area contributed by atoms with Crippen LogP contribution in [0.25, 0.3) is 0 Å². The second kappa shape index (κ2) is 6.87. The van der Waals surface area contributed by atoms with Crippen LogP contribution in [0.15, 0.2) is 48.5 Å². The first-order valence-corrected chi connectivity index (χ1v) is 7.85. The third-order valence-electron chi connectivity index (χ3n) is 3.66. The van der Waals surface area contributed by atoms with Crippen molar-refractivity contribution in [2.75, 3.05) is 10.2 Å². The summed E-state index contributed by atoms with van der Waals surface area (Å²) in [4.78, 5) is 25.7. The van der Waals surface area contributed by atoms with Crippen LogP contribution >= 0.6 is 11.6 Å². The maximum absolute atomic E-state index is 12.5. The van der Waals surface area contributed by atoms with Gasteiger partial charge in [-0.2, -0.15) is 0 Å². The summed E-state index contributed by atoms with van der Waals surface area (Å²) < 4.78 is 40.3. The van der Waals surface area contributed by atoms with Gasteiger partial charge in [0.15, 0.2) is 0 Å². The summed E-state index contributed by atoms with van der Waals surface area (Å²) in [5.41, 5.74) is 0.797. The number of nitrogens with one attached hydrogen (secondary N) is 1. The first-order valence-electron chi connectivity index (χ1n) is 7.48. The van der Waals surface area contributed by atoms with E-state index in [-0.39, 0.29) is 18.1 Å². The van der Waals surface area contributed by atoms with Gasteiger partial charge in [0.2, 0.25) is 5.91 Å². The van der Waals surface area contributed by atoms with Gasteiger partial charge >= 0.3 is 6.36 Å². The highest BCUT2D eigenvalue weighted by Crippen LogP contribution is 2.28. The smallest absolute Gasteiger partial charge is 0.406 e. The Morgan fingerprint density at radius 2 is 1.65 bits per heavy atom. The number of nitrogens with zero attached hydrogens (tertiary/aromatic N) is 1. The van der Waals surface area contributed by atoms with Crippen LogP contribution < -0.4 is 15.0 Å². The number of ether oxygens (including phenoxy) is 1. The molecule has 0 aliphatic carbocycles. The number of alkyl halides is 3. The average molecular weight is 385 g/mol. The lowest BCUT2D eigenvalue weighted by molar-refractivity contribution is -0.274. The molecule has 0 spiro atoms. The number of benzene rings is 2. The molecule has 2 aromatic carbocycles. The standard InChI is InChI=1S/C17H12ClF3N2O3/c18-10-1-5-12(6-2-10)23-15(24)9-14(16(23)25)22-11-3-7-13(8-4-11)26-17(19,20)21/h1-8,14,22H,9H2/t14-/m0/s1. The molecule has 1 fully saturated rings. The molecule has 1 heterocycles. The molecule has 1 aliphatic heterocycles. The molecule has 0 radical (unpaired) electrons. The largest absolute Gasteiger partial charge is 0.573 e. The molecule has 0 aromatic heterocycles. The monoisotopic (exact) mass is 384 g/mol. The molecule has 3 rings (SSSR count). The minimum absolute atomic E-state index is 0.0672. The lowest BCUT2D eigenvalue weighted by Crippen LogP contribution is -2.34. The van der Waals surface area contributed by atoms with Crippen LogP contribution in [-0.2, 0) is 9.59 Å². The molecule has 2 aromatic rings. The Morgan fingerprint density at radius 3 is 2.23 bits per heavy atom. The number of rotatable bonds is 4. The van der Waals surface area contributed by atoms with Gasteiger partial charge in [-0.15, -0.1) is 13.2 Å². The highest BCUT2D eigenvalue weighted by Gasteiger charge is 2.39. The molecule has 136 valence electrons. The summed E-state index contributed by atoms with van der Waals surface area (Å²) in [6, 6.07) is 10.4. The molecule has 1 N–H and O–H groups in total. The maximum Gasteiger partial charge on any atom is 0.573 e. The Bertz CT molecular complexity index is 823. The van der Waals surface area contributed by atoms with E-state index in [9.17, 15) is 22.8 Å². The number of carbonyl (C=O) groups excluding carboxylic acids is 2. The van der Waals surface area contributed by atoms with Crippen molar-refractivity contribution in [2.24, 2.45) is 0 Å². The van der Waals surface area contributed by atoms with Crippen molar-refractivity contribution in [2.45, 2.75) is 18.8 Å². The Kier molecular flexibility index (Phi) is 4.78. The number of amides is 2. The topological polar surface area (TPSA) is 58.6 Å². The molecule has 0 bridgehead atoms. The fourth-order valence-electron chi connectivity index (χ4n) is 2.56. The van der Waals surface area contributed by atoms with E-state index < -0.39 is 18.3 Å². The maximum atomic E-state index is 12.5. The van der Waals surface area contributed by atoms with E-state index in [1.807, 2.05) is 0 Å². The van der Waals surface area contributed by atoms with Crippen molar-refractivity contribution in [1.82, 2.24) is 0 Å². The van der Waals surface area contributed by atoms with Gasteiger partial charge < -0.3 is 10.1 Å². The minimum atomic E-state index is -4.78. The molecule has 2 amide bonds. The molecule has 0 saturated carbocycles. The van der Waals surface area contributed by atoms with E-state index >= 15 is 0 Å². The van der Waals surface area contributed by atoms with Gasteiger partial charge in [-0.3, -0.25) is 9.59 Å². The fourth-order valence-corrected chi connectivity index (χ4v) is 2.69. The molecule has 1 saturated heterocycles. The Balaban J connectivity index is 1.70. The Morgan fingerprint density at radius 1 is 1.04 bits per heavy atom. The van der Waals surface area contributed by atoms with Crippen molar-refractivity contribution < 1.29 is 27.5 Å². The summed E-state index contributed by atoms with van der Waals surface area (Å²) in [6.45, 7) is 0. The minimum Gasteiger partial charge on any atom is -0.406 e. The highest BCUT2D eigenvalue weighted by atomic mass is 35.5. The number of imide groups is 1. The van der Waals surface area contributed by atoms with Gasteiger partial charge in [-0.05, 0) is 48.5 Å². The van der Waals surface area contributed by atoms with Crippen LogP contribution in [0.3, 0.4) is 0 Å². The van der Waals surface area contributed by atoms with Gasteiger partial charge in [0.25, 0.3) is 5.91 Å². The van der Waals surface area contributed by atoms with Gasteiger partial charge in [-0.25, -0.2) is 4.90 Å². The van der Waals surface area contributed by atoms with Crippen LogP contribution in [0.2, 0.25) is 5.02 Å². The first-order chi connectivity index (χ1) is 12.2. The Labute approximate surface area is 151 Å². The van der Waals surface area contributed by atoms with E-state index in [0.29, 0.717) is 16.4 Å². The normalized spacial score (nSPS) is 17.5. The van der Waals surface area contributed by atoms with E-state index in [1.165, 1.54) is 12.1 Å². The van der Waals surface area contributed by atoms with Crippen LogP contribution in [0.1, 0.15) is 6.42 Å². The van der Waals surface area contributed by atoms with Crippen molar-refractivity contribution >= 4 is 34.8 Å². The first kappa shape index (κ1) is 18.1. The quantitative estimate of drug-likeness (QED) is 0.810. The molecule has 1 aliphatic rings. The highest BCUT2D eigenvalue weighted by molar-refractivity contribution is 6.30. The van der Waals surface area contributed by atoms with E-state index in [0.717, 1.165) is 17.0 Å². The lowest BCUT2D eigenvalue weighted by atomic mass is 10.2. The summed E-state index contributed by atoms with van der Waals surface area (Å²) in [6.07, 6.45) is -4.84. The number of halogens is 4. The van der Waals surface area contributed by atoms with Crippen molar-refractivity contribution in [1.29, 1.82) is 0 Å². The molecule has 26 heavy (non-hydrogen) atoms. The van der Waals surface area contributed by atoms with Crippen LogP contribution in [0.4, 0.5) is 24.5 Å². The third kappa shape index (κ3) is 4.08. The molecule has 0 unspecified atom stereocenters. The second-order valence-corrected chi connectivity index (χ2v) is 5.95. The fraction of sp³-hybridized carbons (Fsp3) is 0.176. The van der Waals surface area contributed by atoms with Gasteiger partial charge in [0, 0.05) is 10.7 Å². The van der Waals surface area contributed by atoms with Crippen molar-refractivity contribution in [3.63, 3.8) is 0 Å².